The van der Waals surface area contributed by atoms with Crippen molar-refractivity contribution in [3.05, 3.63) is 84.7 Å². The summed E-state index contributed by atoms with van der Waals surface area (Å²) in [6.45, 7) is 2.00. The van der Waals surface area contributed by atoms with Gasteiger partial charge in [-0.3, -0.25) is 9.47 Å². The fraction of sp³-hybridized carbons (Fsp3) is 0.130. The fourth-order valence-corrected chi connectivity index (χ4v) is 3.82. The second-order valence-corrected chi connectivity index (χ2v) is 7.59. The number of nitrogens with zero attached hydrogens (tertiary/aromatic N) is 4. The molecule has 0 saturated heterocycles. The van der Waals surface area contributed by atoms with Crippen molar-refractivity contribution in [2.75, 3.05) is 17.7 Å². The van der Waals surface area contributed by atoms with E-state index in [1.54, 1.807) is 31.2 Å². The zero-order chi connectivity index (χ0) is 22.3. The molecule has 162 valence electrons. The summed E-state index contributed by atoms with van der Waals surface area (Å²) in [5.41, 5.74) is 1.64. The SMILES string of the molecule is CCOC(=O)c1ccccc1NC(=O)CSc1nnc(-c2ccccc2)n1-n1cccc1. The van der Waals surface area contributed by atoms with Crippen LogP contribution in [0.3, 0.4) is 0 Å². The van der Waals surface area contributed by atoms with Crippen molar-refractivity contribution in [2.24, 2.45) is 0 Å². The van der Waals surface area contributed by atoms with Crippen molar-refractivity contribution >= 4 is 29.3 Å². The number of esters is 1. The van der Waals surface area contributed by atoms with Crippen LogP contribution < -0.4 is 5.32 Å². The number of hydrogen-bond donors (Lipinski definition) is 1. The highest BCUT2D eigenvalue weighted by molar-refractivity contribution is 7.99. The van der Waals surface area contributed by atoms with Crippen LogP contribution >= 0.6 is 11.8 Å². The van der Waals surface area contributed by atoms with E-state index >= 15 is 0 Å². The molecular weight excluding hydrogens is 426 g/mol. The van der Waals surface area contributed by atoms with E-state index in [0.717, 1.165) is 5.56 Å². The Labute approximate surface area is 189 Å². The van der Waals surface area contributed by atoms with Crippen LogP contribution in [0.5, 0.6) is 0 Å². The van der Waals surface area contributed by atoms with E-state index in [1.807, 2.05) is 64.2 Å². The Hall–Kier alpha value is -3.85. The average molecular weight is 448 g/mol. The minimum atomic E-state index is -0.476. The topological polar surface area (TPSA) is 91.0 Å². The minimum absolute atomic E-state index is 0.0886. The van der Waals surface area contributed by atoms with E-state index in [9.17, 15) is 9.59 Å². The molecule has 2 aromatic heterocycles. The van der Waals surface area contributed by atoms with Gasteiger partial charge in [0.2, 0.25) is 11.1 Å². The lowest BCUT2D eigenvalue weighted by Crippen LogP contribution is -2.18. The van der Waals surface area contributed by atoms with Gasteiger partial charge in [-0.05, 0) is 31.2 Å². The minimum Gasteiger partial charge on any atom is -0.462 e. The molecule has 0 aliphatic carbocycles. The average Bonchev–Trinajstić information content (AvgIpc) is 3.48. The zero-order valence-corrected chi connectivity index (χ0v) is 18.2. The summed E-state index contributed by atoms with van der Waals surface area (Å²) < 4.78 is 8.77. The molecule has 0 unspecified atom stereocenters. The van der Waals surface area contributed by atoms with Gasteiger partial charge in [-0.1, -0.05) is 54.2 Å². The van der Waals surface area contributed by atoms with Crippen LogP contribution in [-0.4, -0.2) is 43.8 Å². The molecule has 0 saturated carbocycles. The molecule has 0 bridgehead atoms. The Morgan fingerprint density at radius 1 is 0.969 bits per heavy atom. The van der Waals surface area contributed by atoms with E-state index < -0.39 is 5.97 Å². The number of benzene rings is 2. The summed E-state index contributed by atoms with van der Waals surface area (Å²) in [6.07, 6.45) is 3.77. The number of nitrogens with one attached hydrogen (secondary N) is 1. The predicted molar refractivity (Wildman–Crippen MR) is 122 cm³/mol. The van der Waals surface area contributed by atoms with E-state index in [1.165, 1.54) is 11.8 Å². The highest BCUT2D eigenvalue weighted by Crippen LogP contribution is 2.25. The molecular formula is C23H21N5O3S. The number of anilines is 1. The monoisotopic (exact) mass is 447 g/mol. The van der Waals surface area contributed by atoms with Gasteiger partial charge < -0.3 is 10.1 Å². The van der Waals surface area contributed by atoms with E-state index in [2.05, 4.69) is 15.5 Å². The summed E-state index contributed by atoms with van der Waals surface area (Å²) in [7, 11) is 0. The van der Waals surface area contributed by atoms with Crippen LogP contribution in [0, 0.1) is 0 Å². The van der Waals surface area contributed by atoms with Crippen LogP contribution in [0.25, 0.3) is 11.4 Å². The predicted octanol–water partition coefficient (Wildman–Crippen LogP) is 3.97. The third kappa shape index (κ3) is 4.73. The summed E-state index contributed by atoms with van der Waals surface area (Å²) in [6, 6.07) is 20.3. The fourth-order valence-electron chi connectivity index (χ4n) is 3.08. The standard InChI is InChI=1S/C23H21N5O3S/c1-2-31-22(30)18-12-6-7-13-19(18)24-20(29)16-32-23-26-25-21(17-10-4-3-5-11-17)28(23)27-14-8-9-15-27/h3-15H,2,16H2,1H3,(H,24,29). The van der Waals surface area contributed by atoms with Gasteiger partial charge in [-0.25, -0.2) is 9.47 Å². The van der Waals surface area contributed by atoms with Crippen molar-refractivity contribution < 1.29 is 14.3 Å². The van der Waals surface area contributed by atoms with Crippen LogP contribution in [0.2, 0.25) is 0 Å². The van der Waals surface area contributed by atoms with Gasteiger partial charge in [-0.2, -0.15) is 0 Å². The van der Waals surface area contributed by atoms with Gasteiger partial charge in [0.15, 0.2) is 5.82 Å². The normalized spacial score (nSPS) is 10.7. The number of carbonyl (C=O) groups excluding carboxylic acids is 2. The van der Waals surface area contributed by atoms with E-state index in [4.69, 9.17) is 4.74 Å². The van der Waals surface area contributed by atoms with Gasteiger partial charge in [0.1, 0.15) is 0 Å². The number of aromatic nitrogens is 4. The zero-order valence-electron chi connectivity index (χ0n) is 17.3. The Balaban J connectivity index is 1.52. The van der Waals surface area contributed by atoms with Gasteiger partial charge in [0.25, 0.3) is 0 Å². The van der Waals surface area contributed by atoms with Crippen molar-refractivity contribution in [1.82, 2.24) is 19.5 Å². The molecule has 1 amide bonds. The Bertz CT molecular complexity index is 1210. The van der Waals surface area contributed by atoms with Gasteiger partial charge >= 0.3 is 5.97 Å². The lowest BCUT2D eigenvalue weighted by Gasteiger charge is -2.12. The first kappa shape index (κ1) is 21.4. The summed E-state index contributed by atoms with van der Waals surface area (Å²) in [5.74, 6) is 0.00840. The molecule has 0 aliphatic rings. The molecule has 2 aromatic carbocycles. The summed E-state index contributed by atoms with van der Waals surface area (Å²) >= 11 is 1.25. The number of para-hydroxylation sites is 1. The highest BCUT2D eigenvalue weighted by Gasteiger charge is 2.18. The molecule has 0 aliphatic heterocycles. The molecule has 0 spiro atoms. The molecule has 2 heterocycles. The van der Waals surface area contributed by atoms with Crippen molar-refractivity contribution in [3.8, 4) is 11.4 Å². The second-order valence-electron chi connectivity index (χ2n) is 6.65. The second kappa shape index (κ2) is 9.97. The van der Waals surface area contributed by atoms with E-state index in [-0.39, 0.29) is 18.3 Å². The van der Waals surface area contributed by atoms with Crippen LogP contribution in [0.1, 0.15) is 17.3 Å². The van der Waals surface area contributed by atoms with Crippen molar-refractivity contribution in [2.45, 2.75) is 12.1 Å². The maximum absolute atomic E-state index is 12.6. The van der Waals surface area contributed by atoms with Crippen LogP contribution in [0.15, 0.2) is 84.3 Å². The van der Waals surface area contributed by atoms with Crippen LogP contribution in [-0.2, 0) is 9.53 Å². The number of thioether (sulfide) groups is 1. The Morgan fingerprint density at radius 2 is 1.69 bits per heavy atom. The first-order valence-electron chi connectivity index (χ1n) is 10.0. The molecule has 0 fully saturated rings. The molecule has 8 nitrogen and oxygen atoms in total. The van der Waals surface area contributed by atoms with Gasteiger partial charge in [0.05, 0.1) is 23.6 Å². The Kier molecular flexibility index (Phi) is 6.66. The number of carbonyl (C=O) groups is 2. The number of amides is 1. The number of ether oxygens (including phenoxy) is 1. The van der Waals surface area contributed by atoms with Gasteiger partial charge in [0, 0.05) is 18.0 Å². The maximum atomic E-state index is 12.6. The first-order valence-corrected chi connectivity index (χ1v) is 11.0. The molecule has 4 rings (SSSR count). The van der Waals surface area contributed by atoms with E-state index in [0.29, 0.717) is 22.2 Å². The Morgan fingerprint density at radius 3 is 2.44 bits per heavy atom. The summed E-state index contributed by atoms with van der Waals surface area (Å²) in [4.78, 5) is 24.8. The number of hydrogen-bond acceptors (Lipinski definition) is 6. The smallest absolute Gasteiger partial charge is 0.340 e. The van der Waals surface area contributed by atoms with Crippen molar-refractivity contribution in [3.63, 3.8) is 0 Å². The number of rotatable bonds is 8. The molecule has 1 N–H and O–H groups in total. The first-order chi connectivity index (χ1) is 15.7. The van der Waals surface area contributed by atoms with Crippen LogP contribution in [0.4, 0.5) is 5.69 Å². The van der Waals surface area contributed by atoms with Gasteiger partial charge in [-0.15, -0.1) is 10.2 Å². The molecule has 9 heteroatoms. The maximum Gasteiger partial charge on any atom is 0.340 e. The molecule has 0 atom stereocenters. The lowest BCUT2D eigenvalue weighted by molar-refractivity contribution is -0.113. The molecule has 0 radical (unpaired) electrons. The highest BCUT2D eigenvalue weighted by atomic mass is 32.2. The van der Waals surface area contributed by atoms with Crippen molar-refractivity contribution in [1.29, 1.82) is 0 Å². The third-order valence-electron chi connectivity index (χ3n) is 4.49. The largest absolute Gasteiger partial charge is 0.462 e. The quantitative estimate of drug-likeness (QED) is 0.325. The summed E-state index contributed by atoms with van der Waals surface area (Å²) in [5, 5.41) is 12.0. The lowest BCUT2D eigenvalue weighted by atomic mass is 10.2. The third-order valence-corrected chi connectivity index (χ3v) is 5.41. The molecule has 32 heavy (non-hydrogen) atoms. The molecule has 4 aromatic rings.